The van der Waals surface area contributed by atoms with Gasteiger partial charge in [-0.2, -0.15) is 4.40 Å². The van der Waals surface area contributed by atoms with Crippen LogP contribution in [-0.2, 0) is 9.71 Å². The summed E-state index contributed by atoms with van der Waals surface area (Å²) in [5.74, 6) is 0. The maximum atomic E-state index is 12.6. The number of benzene rings is 3. The van der Waals surface area contributed by atoms with Crippen LogP contribution in [0, 0.1) is 0 Å². The number of hydrogen-bond donors (Lipinski definition) is 1. The minimum absolute atomic E-state index is 0.835. The molecule has 1 atom stereocenters. The molecule has 0 spiro atoms. The van der Waals surface area contributed by atoms with E-state index >= 15 is 0 Å². The Morgan fingerprint density at radius 3 is 2.71 bits per heavy atom. The van der Waals surface area contributed by atoms with Gasteiger partial charge in [-0.1, -0.05) is 24.3 Å². The van der Waals surface area contributed by atoms with Crippen molar-refractivity contribution < 1.29 is 4.21 Å². The van der Waals surface area contributed by atoms with Crippen LogP contribution in [0.2, 0.25) is 0 Å². The van der Waals surface area contributed by atoms with Gasteiger partial charge in [0.05, 0.1) is 15.1 Å². The van der Waals surface area contributed by atoms with Crippen molar-refractivity contribution in [1.29, 1.82) is 0 Å². The number of hydrogen-bond acceptors (Lipinski definition) is 1. The zero-order valence-electron chi connectivity index (χ0n) is 11.4. The molecule has 21 heavy (non-hydrogen) atoms. The molecule has 4 aromatic rings. The highest BCUT2D eigenvalue weighted by molar-refractivity contribution is 7.99. The number of aromatic nitrogens is 1. The van der Waals surface area contributed by atoms with Gasteiger partial charge in [0.25, 0.3) is 0 Å². The first kappa shape index (κ1) is 11.3. The SMILES string of the molecule is CS1(=O)=Cc2c3cccc4[nH]cc(c5cccc(c25)=N1)c43. The van der Waals surface area contributed by atoms with Gasteiger partial charge in [-0.05, 0) is 22.9 Å². The van der Waals surface area contributed by atoms with Crippen molar-refractivity contribution >= 4 is 47.5 Å². The fraction of sp³-hybridized carbons (Fsp3) is 0.0588. The van der Waals surface area contributed by atoms with Crippen LogP contribution in [0.4, 0.5) is 0 Å². The normalized spacial score (nSPS) is 20.8. The first-order valence-electron chi connectivity index (χ1n) is 6.82. The van der Waals surface area contributed by atoms with Crippen molar-refractivity contribution in [2.24, 2.45) is 4.40 Å². The van der Waals surface area contributed by atoms with Crippen LogP contribution in [0.15, 0.2) is 47.0 Å². The molecule has 0 bridgehead atoms. The average Bonchev–Trinajstić information content (AvgIpc) is 2.88. The molecule has 1 aliphatic rings. The van der Waals surface area contributed by atoms with Crippen molar-refractivity contribution in [3.05, 3.63) is 53.5 Å². The minimum atomic E-state index is -2.32. The standard InChI is InChI=1S/C17H12N2OS/c1-21(20)9-13-11-5-2-6-14-16(11)12(8-18-14)10-4-3-7-15(19-21)17(10)13/h2-9,18H,1H3. The van der Waals surface area contributed by atoms with E-state index in [4.69, 9.17) is 0 Å². The Labute approximate surface area is 121 Å². The smallest absolute Gasteiger partial charge is 0.0818 e. The number of H-pyrrole nitrogens is 1. The van der Waals surface area contributed by atoms with Crippen LogP contribution < -0.4 is 5.36 Å². The van der Waals surface area contributed by atoms with Gasteiger partial charge >= 0.3 is 0 Å². The molecule has 3 aromatic carbocycles. The van der Waals surface area contributed by atoms with Crippen LogP contribution >= 0.6 is 0 Å². The Kier molecular flexibility index (Phi) is 1.87. The summed E-state index contributed by atoms with van der Waals surface area (Å²) >= 11 is 0. The summed E-state index contributed by atoms with van der Waals surface area (Å²) in [6, 6.07) is 12.3. The zero-order valence-corrected chi connectivity index (χ0v) is 12.2. The first-order chi connectivity index (χ1) is 10.1. The number of nitrogens with one attached hydrogen (secondary N) is 1. The second-order valence-electron chi connectivity index (χ2n) is 5.61. The van der Waals surface area contributed by atoms with E-state index in [-0.39, 0.29) is 0 Å². The Bertz CT molecular complexity index is 1240. The number of nitrogens with zero attached hydrogens (tertiary/aromatic N) is 1. The molecule has 5 rings (SSSR count). The monoisotopic (exact) mass is 292 g/mol. The zero-order chi connectivity index (χ0) is 14.2. The number of rotatable bonds is 0. The minimum Gasteiger partial charge on any atom is -0.361 e. The molecule has 2 heterocycles. The summed E-state index contributed by atoms with van der Waals surface area (Å²) in [5.41, 5.74) is 2.17. The Balaban J connectivity index is 2.28. The molecule has 1 aliphatic heterocycles. The highest BCUT2D eigenvalue weighted by atomic mass is 32.2. The summed E-state index contributed by atoms with van der Waals surface area (Å²) in [5, 5.41) is 8.51. The van der Waals surface area contributed by atoms with Gasteiger partial charge in [-0.15, -0.1) is 0 Å². The van der Waals surface area contributed by atoms with Crippen LogP contribution in [0.25, 0.3) is 32.4 Å². The van der Waals surface area contributed by atoms with Crippen LogP contribution in [-0.4, -0.2) is 20.8 Å². The molecule has 0 saturated heterocycles. The maximum Gasteiger partial charge on any atom is 0.0818 e. The topological polar surface area (TPSA) is 45.2 Å². The highest BCUT2D eigenvalue weighted by Gasteiger charge is 2.17. The Morgan fingerprint density at radius 2 is 1.81 bits per heavy atom. The molecule has 1 aromatic heterocycles. The first-order valence-corrected chi connectivity index (χ1v) is 8.81. The summed E-state index contributed by atoms with van der Waals surface area (Å²) < 4.78 is 17.0. The summed E-state index contributed by atoms with van der Waals surface area (Å²) in [6.45, 7) is 0. The van der Waals surface area contributed by atoms with E-state index < -0.39 is 9.71 Å². The van der Waals surface area contributed by atoms with Crippen molar-refractivity contribution in [3.63, 3.8) is 0 Å². The molecule has 1 N–H and O–H groups in total. The van der Waals surface area contributed by atoms with Crippen LogP contribution in [0.1, 0.15) is 5.56 Å². The third-order valence-electron chi connectivity index (χ3n) is 4.21. The molecule has 4 heteroatoms. The third kappa shape index (κ3) is 1.35. The molecule has 0 saturated carbocycles. The molecule has 102 valence electrons. The molecule has 0 amide bonds. The van der Waals surface area contributed by atoms with Crippen molar-refractivity contribution in [2.45, 2.75) is 0 Å². The second-order valence-corrected chi connectivity index (χ2v) is 7.75. The quantitative estimate of drug-likeness (QED) is 0.393. The molecule has 3 nitrogen and oxygen atoms in total. The van der Waals surface area contributed by atoms with E-state index in [9.17, 15) is 4.21 Å². The highest BCUT2D eigenvalue weighted by Crippen LogP contribution is 2.35. The molecule has 0 radical (unpaired) electrons. The van der Waals surface area contributed by atoms with Gasteiger partial charge in [-0.25, -0.2) is 4.21 Å². The van der Waals surface area contributed by atoms with Gasteiger partial charge in [0.15, 0.2) is 0 Å². The summed E-state index contributed by atoms with van der Waals surface area (Å²) in [6.07, 6.45) is 3.75. The van der Waals surface area contributed by atoms with Gasteiger partial charge in [0, 0.05) is 45.1 Å². The van der Waals surface area contributed by atoms with Gasteiger partial charge in [0.1, 0.15) is 0 Å². The molecule has 0 fully saturated rings. The lowest BCUT2D eigenvalue weighted by Gasteiger charge is -2.14. The lowest BCUT2D eigenvalue weighted by molar-refractivity contribution is 0.685. The predicted octanol–water partition coefficient (Wildman–Crippen LogP) is 2.81. The van der Waals surface area contributed by atoms with Gasteiger partial charge < -0.3 is 4.98 Å². The second kappa shape index (κ2) is 3.46. The Morgan fingerprint density at radius 1 is 1.00 bits per heavy atom. The molecular weight excluding hydrogens is 280 g/mol. The Hall–Kier alpha value is -2.33. The van der Waals surface area contributed by atoms with E-state index in [1.807, 2.05) is 23.6 Å². The summed E-state index contributed by atoms with van der Waals surface area (Å²) in [4.78, 5) is 3.34. The van der Waals surface area contributed by atoms with Crippen LogP contribution in [0.5, 0.6) is 0 Å². The van der Waals surface area contributed by atoms with Crippen molar-refractivity contribution in [3.8, 4) is 0 Å². The van der Waals surface area contributed by atoms with Crippen molar-refractivity contribution in [1.82, 2.24) is 4.98 Å². The molecule has 1 unspecified atom stereocenters. The van der Waals surface area contributed by atoms with E-state index in [0.717, 1.165) is 27.2 Å². The van der Waals surface area contributed by atoms with Gasteiger partial charge in [-0.3, -0.25) is 0 Å². The summed E-state index contributed by atoms with van der Waals surface area (Å²) in [7, 11) is -2.32. The number of fused-ring (bicyclic) bond motifs is 2. The predicted molar refractivity (Wildman–Crippen MR) is 89.3 cm³/mol. The lowest BCUT2D eigenvalue weighted by atomic mass is 9.94. The van der Waals surface area contributed by atoms with Crippen molar-refractivity contribution in [2.75, 3.05) is 6.26 Å². The van der Waals surface area contributed by atoms with Gasteiger partial charge in [0.2, 0.25) is 0 Å². The molecule has 0 aliphatic carbocycles. The maximum absolute atomic E-state index is 12.6. The van der Waals surface area contributed by atoms with Crippen LogP contribution in [0.3, 0.4) is 0 Å². The fourth-order valence-electron chi connectivity index (χ4n) is 3.44. The molecular formula is C17H12N2OS. The van der Waals surface area contributed by atoms with E-state index in [2.05, 4.69) is 33.8 Å². The average molecular weight is 292 g/mol. The van der Waals surface area contributed by atoms with E-state index in [1.165, 1.54) is 16.2 Å². The third-order valence-corrected chi connectivity index (χ3v) is 5.45. The largest absolute Gasteiger partial charge is 0.361 e. The van der Waals surface area contributed by atoms with E-state index in [1.54, 1.807) is 6.26 Å². The lowest BCUT2D eigenvalue weighted by Crippen LogP contribution is -2.16. The van der Waals surface area contributed by atoms with E-state index in [0.29, 0.717) is 0 Å². The number of aromatic amines is 1. The fourth-order valence-corrected chi connectivity index (χ4v) is 4.72.